The number of unbranched alkanes of at least 4 members (excludes halogenated alkanes) is 1. The fourth-order valence-electron chi connectivity index (χ4n) is 3.39. The van der Waals surface area contributed by atoms with Crippen LogP contribution in [0.15, 0.2) is 57.3 Å². The summed E-state index contributed by atoms with van der Waals surface area (Å²) in [5.74, 6) is 0.0598. The minimum Gasteiger partial charge on any atom is -0.506 e. The highest BCUT2D eigenvalue weighted by Crippen LogP contribution is 2.45. The summed E-state index contributed by atoms with van der Waals surface area (Å²) >= 11 is 0. The number of sulfone groups is 1. The summed E-state index contributed by atoms with van der Waals surface area (Å²) in [4.78, 5) is 18.6. The van der Waals surface area contributed by atoms with Gasteiger partial charge in [-0.1, -0.05) is 25.5 Å². The van der Waals surface area contributed by atoms with Crippen molar-refractivity contribution in [1.29, 1.82) is 0 Å². The molecule has 0 fully saturated rings. The number of methoxy groups -OCH3 is 2. The molecule has 3 aromatic rings. The van der Waals surface area contributed by atoms with Crippen molar-refractivity contribution in [3.05, 3.63) is 58.6 Å². The Morgan fingerprint density at radius 3 is 2.26 bits per heavy atom. The maximum Gasteiger partial charge on any atom is 0.271 e. The van der Waals surface area contributed by atoms with Gasteiger partial charge in [-0.3, -0.25) is 4.79 Å². The number of aromatic nitrogens is 2. The number of nitrogens with zero attached hydrogens (tertiary/aromatic N) is 1. The molecule has 0 amide bonds. The second-order valence-electron chi connectivity index (χ2n) is 6.80. The van der Waals surface area contributed by atoms with Crippen LogP contribution < -0.4 is 15.0 Å². The van der Waals surface area contributed by atoms with Gasteiger partial charge in [0.1, 0.15) is 17.2 Å². The first-order valence-electron chi connectivity index (χ1n) is 9.72. The summed E-state index contributed by atoms with van der Waals surface area (Å²) in [6, 6.07) is 9.36. The van der Waals surface area contributed by atoms with Gasteiger partial charge in [-0.25, -0.2) is 13.4 Å². The molecule has 2 heterocycles. The van der Waals surface area contributed by atoms with E-state index in [0.29, 0.717) is 35.6 Å². The van der Waals surface area contributed by atoms with Crippen LogP contribution in [0.1, 0.15) is 25.5 Å². The van der Waals surface area contributed by atoms with Crippen molar-refractivity contribution in [2.45, 2.75) is 36.1 Å². The van der Waals surface area contributed by atoms with E-state index in [1.165, 1.54) is 32.5 Å². The first kappa shape index (κ1) is 22.4. The molecule has 0 saturated carbocycles. The van der Waals surface area contributed by atoms with Crippen molar-refractivity contribution in [1.82, 2.24) is 9.97 Å². The average molecular weight is 445 g/mol. The predicted octanol–water partition coefficient (Wildman–Crippen LogP) is 3.34. The van der Waals surface area contributed by atoms with E-state index in [-0.39, 0.29) is 10.6 Å². The molecule has 0 atom stereocenters. The van der Waals surface area contributed by atoms with E-state index in [4.69, 9.17) is 9.47 Å². The Balaban J connectivity index is 2.42. The summed E-state index contributed by atoms with van der Waals surface area (Å²) in [5.41, 5.74) is -0.0133. The Kier molecular flexibility index (Phi) is 6.65. The first-order valence-corrected chi connectivity index (χ1v) is 11.2. The van der Waals surface area contributed by atoms with Crippen molar-refractivity contribution in [3.63, 3.8) is 0 Å². The number of H-pyrrole nitrogens is 1. The number of hydrogen-bond donors (Lipinski definition) is 2. The molecule has 31 heavy (non-hydrogen) atoms. The molecule has 3 rings (SSSR count). The molecule has 8 nitrogen and oxygen atoms in total. The van der Waals surface area contributed by atoms with Crippen LogP contribution in [0.3, 0.4) is 0 Å². The van der Waals surface area contributed by atoms with Gasteiger partial charge in [-0.2, -0.15) is 0 Å². The summed E-state index contributed by atoms with van der Waals surface area (Å²) in [6.07, 6.45) is 3.27. The predicted molar refractivity (Wildman–Crippen MR) is 116 cm³/mol. The van der Waals surface area contributed by atoms with Gasteiger partial charge in [0, 0.05) is 11.9 Å². The lowest BCUT2D eigenvalue weighted by molar-refractivity contribution is 0.395. The van der Waals surface area contributed by atoms with Crippen LogP contribution >= 0.6 is 0 Å². The van der Waals surface area contributed by atoms with Crippen LogP contribution in [0.5, 0.6) is 17.2 Å². The standard InChI is InChI=1S/C22H24N2O6S/c1-4-5-9-14-18(19-15(29-2)10-8-11-16(19)30-3)20(25)21(22(26)24-14)31(27,28)17-12-6-7-13-23-17/h6-8,10-13H,4-5,9H2,1-3H3,(H2,24,25,26). The van der Waals surface area contributed by atoms with Crippen LogP contribution in [0, 0.1) is 0 Å². The molecule has 2 aromatic heterocycles. The number of aromatic amines is 1. The van der Waals surface area contributed by atoms with Crippen LogP contribution in [-0.4, -0.2) is 37.7 Å². The molecule has 0 aliphatic heterocycles. The number of pyridine rings is 2. The highest BCUT2D eigenvalue weighted by Gasteiger charge is 2.32. The number of aromatic hydroxyl groups is 1. The summed E-state index contributed by atoms with van der Waals surface area (Å²) in [5, 5.41) is 10.9. The van der Waals surface area contributed by atoms with Crippen LogP contribution in [0.2, 0.25) is 0 Å². The second-order valence-corrected chi connectivity index (χ2v) is 8.63. The van der Waals surface area contributed by atoms with Crippen molar-refractivity contribution in [2.75, 3.05) is 14.2 Å². The van der Waals surface area contributed by atoms with E-state index < -0.39 is 26.0 Å². The highest BCUT2D eigenvalue weighted by molar-refractivity contribution is 7.91. The van der Waals surface area contributed by atoms with Crippen molar-refractivity contribution >= 4 is 9.84 Å². The Labute approximate surface area is 180 Å². The average Bonchev–Trinajstić information content (AvgIpc) is 2.77. The quantitative estimate of drug-likeness (QED) is 0.547. The maximum atomic E-state index is 13.2. The summed E-state index contributed by atoms with van der Waals surface area (Å²) in [7, 11) is -1.48. The van der Waals surface area contributed by atoms with Gasteiger partial charge in [-0.15, -0.1) is 0 Å². The Hall–Kier alpha value is -3.33. The zero-order chi connectivity index (χ0) is 22.6. The number of rotatable bonds is 8. The molecule has 0 bridgehead atoms. The Bertz CT molecular complexity index is 1210. The smallest absolute Gasteiger partial charge is 0.271 e. The van der Waals surface area contributed by atoms with Gasteiger partial charge in [0.05, 0.1) is 25.3 Å². The SMILES string of the molecule is CCCCc1[nH]c(=O)c(S(=O)(=O)c2ccccn2)c(O)c1-c1c(OC)cccc1OC. The zero-order valence-electron chi connectivity index (χ0n) is 17.5. The topological polar surface area (TPSA) is 119 Å². The molecule has 0 aliphatic rings. The van der Waals surface area contributed by atoms with E-state index in [0.717, 1.165) is 6.42 Å². The van der Waals surface area contributed by atoms with Crippen LogP contribution in [-0.2, 0) is 16.3 Å². The second kappa shape index (κ2) is 9.22. The lowest BCUT2D eigenvalue weighted by Crippen LogP contribution is -2.21. The third-order valence-corrected chi connectivity index (χ3v) is 6.57. The normalized spacial score (nSPS) is 11.3. The molecular formula is C22H24N2O6S. The van der Waals surface area contributed by atoms with Gasteiger partial charge in [0.25, 0.3) is 5.56 Å². The van der Waals surface area contributed by atoms with E-state index in [2.05, 4.69) is 9.97 Å². The lowest BCUT2D eigenvalue weighted by Gasteiger charge is -2.19. The van der Waals surface area contributed by atoms with E-state index in [1.807, 2.05) is 6.92 Å². The molecule has 0 saturated heterocycles. The Morgan fingerprint density at radius 2 is 1.71 bits per heavy atom. The number of nitrogens with one attached hydrogen (secondary N) is 1. The van der Waals surface area contributed by atoms with Gasteiger partial charge in [-0.05, 0) is 37.1 Å². The summed E-state index contributed by atoms with van der Waals surface area (Å²) in [6.45, 7) is 1.99. The molecular weight excluding hydrogens is 420 g/mol. The largest absolute Gasteiger partial charge is 0.506 e. The molecule has 9 heteroatoms. The molecule has 2 N–H and O–H groups in total. The minimum absolute atomic E-state index is 0.150. The minimum atomic E-state index is -4.39. The highest BCUT2D eigenvalue weighted by atomic mass is 32.2. The zero-order valence-corrected chi connectivity index (χ0v) is 18.3. The lowest BCUT2D eigenvalue weighted by atomic mass is 9.98. The first-order chi connectivity index (χ1) is 14.9. The van der Waals surface area contributed by atoms with E-state index in [9.17, 15) is 18.3 Å². The van der Waals surface area contributed by atoms with Gasteiger partial charge >= 0.3 is 0 Å². The monoisotopic (exact) mass is 444 g/mol. The summed E-state index contributed by atoms with van der Waals surface area (Å²) < 4.78 is 37.3. The van der Waals surface area contributed by atoms with E-state index in [1.54, 1.807) is 24.3 Å². The van der Waals surface area contributed by atoms with Crippen LogP contribution in [0.25, 0.3) is 11.1 Å². The third-order valence-electron chi connectivity index (χ3n) is 4.86. The van der Waals surface area contributed by atoms with E-state index >= 15 is 0 Å². The van der Waals surface area contributed by atoms with Crippen LogP contribution in [0.4, 0.5) is 0 Å². The van der Waals surface area contributed by atoms with Crippen molar-refractivity contribution in [2.24, 2.45) is 0 Å². The molecule has 0 spiro atoms. The molecule has 0 unspecified atom stereocenters. The number of aryl methyl sites for hydroxylation is 1. The number of ether oxygens (including phenoxy) is 2. The Morgan fingerprint density at radius 1 is 1.03 bits per heavy atom. The maximum absolute atomic E-state index is 13.2. The molecule has 1 aromatic carbocycles. The fraction of sp³-hybridized carbons (Fsp3) is 0.273. The molecule has 0 radical (unpaired) electrons. The number of hydrogen-bond acceptors (Lipinski definition) is 7. The molecule has 0 aliphatic carbocycles. The van der Waals surface area contributed by atoms with Gasteiger partial charge in [0.2, 0.25) is 9.84 Å². The van der Waals surface area contributed by atoms with Crippen molar-refractivity contribution in [3.8, 4) is 28.4 Å². The fourth-order valence-corrected chi connectivity index (χ4v) is 4.71. The number of benzene rings is 1. The van der Waals surface area contributed by atoms with Gasteiger partial charge < -0.3 is 19.6 Å². The van der Waals surface area contributed by atoms with Crippen molar-refractivity contribution < 1.29 is 23.0 Å². The van der Waals surface area contributed by atoms with Gasteiger partial charge in [0.15, 0.2) is 9.92 Å². The third kappa shape index (κ3) is 4.13. The molecule has 164 valence electrons.